The lowest BCUT2D eigenvalue weighted by molar-refractivity contribution is -0.137. The van der Waals surface area contributed by atoms with Gasteiger partial charge in [0, 0.05) is 19.6 Å². The van der Waals surface area contributed by atoms with E-state index >= 15 is 0 Å². The van der Waals surface area contributed by atoms with Crippen LogP contribution in [0.4, 0.5) is 0 Å². The highest BCUT2D eigenvalue weighted by Crippen LogP contribution is 2.32. The zero-order valence-corrected chi connectivity index (χ0v) is 14.1. The van der Waals surface area contributed by atoms with E-state index in [2.05, 4.69) is 5.32 Å². The highest BCUT2D eigenvalue weighted by molar-refractivity contribution is 6.42. The summed E-state index contributed by atoms with van der Waals surface area (Å²) in [7, 11) is 0. The Hall–Kier alpha value is -0.680. The van der Waals surface area contributed by atoms with E-state index in [1.54, 1.807) is 25.1 Å². The van der Waals surface area contributed by atoms with Crippen LogP contribution in [0, 0.1) is 0 Å². The molecule has 1 saturated heterocycles. The van der Waals surface area contributed by atoms with Crippen molar-refractivity contribution in [1.82, 2.24) is 10.2 Å². The molecule has 7 heteroatoms. The number of rotatable bonds is 3. The number of nitrogens with zero attached hydrogens (tertiary/aromatic N) is 1. The van der Waals surface area contributed by atoms with E-state index in [-0.39, 0.29) is 18.3 Å². The predicted molar refractivity (Wildman–Crippen MR) is 87.9 cm³/mol. The smallest absolute Gasteiger partial charge is 0.263 e. The third kappa shape index (κ3) is 4.92. The molecule has 0 bridgehead atoms. The lowest BCUT2D eigenvalue weighted by Crippen LogP contribution is -2.42. The first kappa shape index (κ1) is 18.4. The molecular weight excluding hydrogens is 335 g/mol. The lowest BCUT2D eigenvalue weighted by atomic mass is 10.3. The van der Waals surface area contributed by atoms with E-state index in [4.69, 9.17) is 27.9 Å². The number of carbonyl (C=O) groups excluding carboxylic acids is 1. The SMILES string of the molecule is CC(Oc1cccc(Cl)c1Cl)C(=O)N1CCCNCC1.Cl. The van der Waals surface area contributed by atoms with Crippen molar-refractivity contribution in [3.05, 3.63) is 28.2 Å². The highest BCUT2D eigenvalue weighted by Gasteiger charge is 2.23. The van der Waals surface area contributed by atoms with E-state index in [0.717, 1.165) is 26.1 Å². The number of ether oxygens (including phenoxy) is 1. The van der Waals surface area contributed by atoms with Crippen LogP contribution in [0.25, 0.3) is 0 Å². The second kappa shape index (κ2) is 8.69. The summed E-state index contributed by atoms with van der Waals surface area (Å²) in [5, 5.41) is 4.02. The molecule has 1 aliphatic heterocycles. The maximum Gasteiger partial charge on any atom is 0.263 e. The van der Waals surface area contributed by atoms with Crippen molar-refractivity contribution in [1.29, 1.82) is 0 Å². The van der Waals surface area contributed by atoms with Gasteiger partial charge in [-0.3, -0.25) is 4.79 Å². The van der Waals surface area contributed by atoms with Crippen LogP contribution >= 0.6 is 35.6 Å². The van der Waals surface area contributed by atoms with E-state index in [1.807, 2.05) is 4.90 Å². The van der Waals surface area contributed by atoms with E-state index in [1.165, 1.54) is 0 Å². The van der Waals surface area contributed by atoms with Crippen LogP contribution in [0.5, 0.6) is 5.75 Å². The van der Waals surface area contributed by atoms with Crippen molar-refractivity contribution in [2.24, 2.45) is 0 Å². The summed E-state index contributed by atoms with van der Waals surface area (Å²) in [5.41, 5.74) is 0. The molecule has 1 aromatic carbocycles. The fourth-order valence-corrected chi connectivity index (χ4v) is 2.48. The van der Waals surface area contributed by atoms with Crippen molar-refractivity contribution < 1.29 is 9.53 Å². The molecule has 4 nitrogen and oxygen atoms in total. The molecule has 1 aliphatic rings. The molecule has 0 radical (unpaired) electrons. The van der Waals surface area contributed by atoms with E-state index in [9.17, 15) is 4.79 Å². The van der Waals surface area contributed by atoms with E-state index in [0.29, 0.717) is 22.3 Å². The molecule has 1 atom stereocenters. The van der Waals surface area contributed by atoms with Gasteiger partial charge in [-0.05, 0) is 32.0 Å². The van der Waals surface area contributed by atoms with Gasteiger partial charge in [-0.1, -0.05) is 29.3 Å². The van der Waals surface area contributed by atoms with Gasteiger partial charge < -0.3 is 15.0 Å². The zero-order chi connectivity index (χ0) is 14.5. The largest absolute Gasteiger partial charge is 0.479 e. The minimum atomic E-state index is -0.580. The lowest BCUT2D eigenvalue weighted by Gasteiger charge is -2.24. The van der Waals surface area contributed by atoms with Gasteiger partial charge in [-0.15, -0.1) is 12.4 Å². The fourth-order valence-electron chi connectivity index (χ4n) is 2.14. The molecule has 1 aromatic rings. The molecule has 1 heterocycles. The quantitative estimate of drug-likeness (QED) is 0.908. The first-order valence-electron chi connectivity index (χ1n) is 6.70. The van der Waals surface area contributed by atoms with Gasteiger partial charge in [0.15, 0.2) is 6.10 Å². The van der Waals surface area contributed by atoms with Gasteiger partial charge in [0.1, 0.15) is 10.8 Å². The number of nitrogens with one attached hydrogen (secondary N) is 1. The first-order valence-corrected chi connectivity index (χ1v) is 7.45. The van der Waals surface area contributed by atoms with Crippen LogP contribution in [0.3, 0.4) is 0 Å². The summed E-state index contributed by atoms with van der Waals surface area (Å²) in [6.45, 7) is 4.95. The summed E-state index contributed by atoms with van der Waals surface area (Å²) in [5.74, 6) is 0.415. The van der Waals surface area contributed by atoms with Gasteiger partial charge in [-0.2, -0.15) is 0 Å². The number of amides is 1. The third-order valence-corrected chi connectivity index (χ3v) is 4.02. The number of benzene rings is 1. The molecule has 21 heavy (non-hydrogen) atoms. The van der Waals surface area contributed by atoms with Crippen molar-refractivity contribution in [2.45, 2.75) is 19.4 Å². The molecule has 1 unspecified atom stereocenters. The Labute approximate surface area is 141 Å². The predicted octanol–water partition coefficient (Wildman–Crippen LogP) is 3.00. The molecular formula is C14H19Cl3N2O2. The monoisotopic (exact) mass is 352 g/mol. The Morgan fingerprint density at radius 3 is 2.86 bits per heavy atom. The molecule has 0 aliphatic carbocycles. The van der Waals surface area contributed by atoms with Crippen LogP contribution in [-0.4, -0.2) is 43.1 Å². The summed E-state index contributed by atoms with van der Waals surface area (Å²) >= 11 is 12.0. The Balaban J connectivity index is 0.00000220. The summed E-state index contributed by atoms with van der Waals surface area (Å²) in [6, 6.07) is 5.14. The molecule has 1 N–H and O–H groups in total. The highest BCUT2D eigenvalue weighted by atomic mass is 35.5. The topological polar surface area (TPSA) is 41.6 Å². The van der Waals surface area contributed by atoms with E-state index < -0.39 is 6.10 Å². The molecule has 2 rings (SSSR count). The van der Waals surface area contributed by atoms with Gasteiger partial charge in [-0.25, -0.2) is 0 Å². The molecule has 1 amide bonds. The molecule has 0 aromatic heterocycles. The number of hydrogen-bond acceptors (Lipinski definition) is 3. The van der Waals surface area contributed by atoms with Gasteiger partial charge >= 0.3 is 0 Å². The van der Waals surface area contributed by atoms with Crippen LogP contribution in [0.1, 0.15) is 13.3 Å². The minimum absolute atomic E-state index is 0. The number of hydrogen-bond donors (Lipinski definition) is 1. The summed E-state index contributed by atoms with van der Waals surface area (Å²) < 4.78 is 5.65. The zero-order valence-electron chi connectivity index (χ0n) is 11.8. The Morgan fingerprint density at radius 1 is 1.33 bits per heavy atom. The molecule has 0 spiro atoms. The number of carbonyl (C=O) groups is 1. The average Bonchev–Trinajstić information content (AvgIpc) is 2.72. The van der Waals surface area contributed by atoms with Gasteiger partial charge in [0.2, 0.25) is 0 Å². The van der Waals surface area contributed by atoms with Crippen LogP contribution < -0.4 is 10.1 Å². The fraction of sp³-hybridized carbons (Fsp3) is 0.500. The second-order valence-electron chi connectivity index (χ2n) is 4.74. The Kier molecular flexibility index (Phi) is 7.60. The van der Waals surface area contributed by atoms with Crippen molar-refractivity contribution in [3.8, 4) is 5.75 Å². The maximum atomic E-state index is 12.3. The molecule has 0 saturated carbocycles. The Morgan fingerprint density at radius 2 is 2.10 bits per heavy atom. The van der Waals surface area contributed by atoms with Crippen molar-refractivity contribution in [2.75, 3.05) is 26.2 Å². The van der Waals surface area contributed by atoms with Gasteiger partial charge in [0.05, 0.1) is 5.02 Å². The standard InChI is InChI=1S/C14H18Cl2N2O2.ClH/c1-10(14(19)18-8-3-6-17-7-9-18)20-12-5-2-4-11(15)13(12)16;/h2,4-5,10,17H,3,6-9H2,1H3;1H. The maximum absolute atomic E-state index is 12.3. The van der Waals surface area contributed by atoms with Crippen molar-refractivity contribution >= 4 is 41.5 Å². The van der Waals surface area contributed by atoms with Crippen LogP contribution in [0.2, 0.25) is 10.0 Å². The van der Waals surface area contributed by atoms with Crippen LogP contribution in [0.15, 0.2) is 18.2 Å². The summed E-state index contributed by atoms with van der Waals surface area (Å²) in [4.78, 5) is 14.2. The molecule has 118 valence electrons. The number of halogens is 3. The van der Waals surface area contributed by atoms with Crippen molar-refractivity contribution in [3.63, 3.8) is 0 Å². The Bertz CT molecular complexity index is 477. The third-order valence-electron chi connectivity index (χ3n) is 3.22. The first-order chi connectivity index (χ1) is 9.59. The van der Waals surface area contributed by atoms with Gasteiger partial charge in [0.25, 0.3) is 5.91 Å². The molecule has 1 fully saturated rings. The second-order valence-corrected chi connectivity index (χ2v) is 5.53. The van der Waals surface area contributed by atoms with Crippen LogP contribution in [-0.2, 0) is 4.79 Å². The normalized spacial score (nSPS) is 16.6. The summed E-state index contributed by atoms with van der Waals surface area (Å²) in [6.07, 6.45) is 0.375. The minimum Gasteiger partial charge on any atom is -0.479 e. The average molecular weight is 354 g/mol.